The molecule has 3 aromatic rings. The number of nitrogens with zero attached hydrogens (tertiary/aromatic N) is 3. The van der Waals surface area contributed by atoms with E-state index < -0.39 is 47.8 Å². The van der Waals surface area contributed by atoms with Gasteiger partial charge in [0, 0.05) is 44.5 Å². The van der Waals surface area contributed by atoms with Crippen LogP contribution in [0.4, 0.5) is 0 Å². The SMILES string of the molecule is C[C@@H]1NC(=O)[C@@H]2CCCN2C(=O)[C@H](CCc2ccccc2)NC(=O)COc2ccc(cc2)C[C@@H](C(=O)NCCc2cnccn2)NC1=O. The van der Waals surface area contributed by atoms with Crippen LogP contribution in [-0.2, 0) is 43.2 Å². The fourth-order valence-corrected chi connectivity index (χ4v) is 5.84. The van der Waals surface area contributed by atoms with Crippen LogP contribution in [0.2, 0.25) is 0 Å². The molecule has 3 aliphatic rings. The molecule has 13 heteroatoms. The van der Waals surface area contributed by atoms with Gasteiger partial charge in [-0.2, -0.15) is 0 Å². The molecule has 4 N–H and O–H groups in total. The highest BCUT2D eigenvalue weighted by Gasteiger charge is 2.38. The first-order chi connectivity index (χ1) is 23.3. The van der Waals surface area contributed by atoms with Gasteiger partial charge in [0.2, 0.25) is 23.6 Å². The van der Waals surface area contributed by atoms with Gasteiger partial charge in [-0.3, -0.25) is 33.9 Å². The summed E-state index contributed by atoms with van der Waals surface area (Å²) < 4.78 is 5.73. The first-order valence-corrected chi connectivity index (χ1v) is 16.3. The Morgan fingerprint density at radius 1 is 0.958 bits per heavy atom. The third-order valence-corrected chi connectivity index (χ3v) is 8.45. The lowest BCUT2D eigenvalue weighted by Gasteiger charge is -2.29. The number of hydrogen-bond acceptors (Lipinski definition) is 8. The number of fused-ring (bicyclic) bond motifs is 13. The van der Waals surface area contributed by atoms with Gasteiger partial charge in [0.15, 0.2) is 6.61 Å². The van der Waals surface area contributed by atoms with Gasteiger partial charge in [-0.05, 0) is 55.9 Å². The highest BCUT2D eigenvalue weighted by Crippen LogP contribution is 2.21. The smallest absolute Gasteiger partial charge is 0.258 e. The molecule has 6 rings (SSSR count). The van der Waals surface area contributed by atoms with Crippen molar-refractivity contribution in [3.05, 3.63) is 90.0 Å². The van der Waals surface area contributed by atoms with Crippen molar-refractivity contribution < 1.29 is 28.7 Å². The summed E-state index contributed by atoms with van der Waals surface area (Å²) in [6.45, 7) is 1.84. The molecule has 1 aromatic heterocycles. The Hall–Kier alpha value is -5.33. The topological polar surface area (TPSA) is 172 Å². The van der Waals surface area contributed by atoms with Crippen LogP contribution in [0.3, 0.4) is 0 Å². The van der Waals surface area contributed by atoms with E-state index in [1.807, 2.05) is 30.3 Å². The molecule has 1 fully saturated rings. The van der Waals surface area contributed by atoms with E-state index in [0.29, 0.717) is 50.1 Å². The number of aromatic nitrogens is 2. The molecule has 0 spiro atoms. The lowest BCUT2D eigenvalue weighted by molar-refractivity contribution is -0.142. The molecule has 2 aromatic carbocycles. The number of rotatable bonds is 7. The molecule has 0 saturated carbocycles. The minimum absolute atomic E-state index is 0.165. The Kier molecular flexibility index (Phi) is 11.7. The van der Waals surface area contributed by atoms with Gasteiger partial charge in [0.05, 0.1) is 5.69 Å². The molecule has 0 unspecified atom stereocenters. The van der Waals surface area contributed by atoms with Crippen LogP contribution in [-0.4, -0.2) is 88.3 Å². The molecule has 2 bridgehead atoms. The Bertz CT molecular complexity index is 1570. The molecule has 3 aliphatic heterocycles. The maximum absolute atomic E-state index is 13.9. The average molecular weight is 656 g/mol. The zero-order valence-electron chi connectivity index (χ0n) is 26.9. The van der Waals surface area contributed by atoms with E-state index in [0.717, 1.165) is 11.1 Å². The molecule has 5 amide bonds. The third kappa shape index (κ3) is 9.36. The van der Waals surface area contributed by atoms with Crippen molar-refractivity contribution in [1.82, 2.24) is 36.1 Å². The fraction of sp³-hybridized carbons (Fsp3) is 0.400. The van der Waals surface area contributed by atoms with Gasteiger partial charge in [-0.15, -0.1) is 0 Å². The predicted octanol–water partition coefficient (Wildman–Crippen LogP) is 0.869. The molecule has 13 nitrogen and oxygen atoms in total. The maximum atomic E-state index is 13.9. The lowest BCUT2D eigenvalue weighted by atomic mass is 10.0. The van der Waals surface area contributed by atoms with Crippen molar-refractivity contribution in [3.63, 3.8) is 0 Å². The molecule has 252 valence electrons. The summed E-state index contributed by atoms with van der Waals surface area (Å²) in [5.41, 5.74) is 2.47. The average Bonchev–Trinajstić information content (AvgIpc) is 3.60. The first kappa shape index (κ1) is 34.0. The van der Waals surface area contributed by atoms with E-state index >= 15 is 0 Å². The Morgan fingerprint density at radius 3 is 2.50 bits per heavy atom. The van der Waals surface area contributed by atoms with Crippen LogP contribution in [0.5, 0.6) is 5.75 Å². The fourth-order valence-electron chi connectivity index (χ4n) is 5.84. The van der Waals surface area contributed by atoms with E-state index in [1.54, 1.807) is 42.9 Å². The summed E-state index contributed by atoms with van der Waals surface area (Å²) >= 11 is 0. The number of benzene rings is 2. The summed E-state index contributed by atoms with van der Waals surface area (Å²) in [4.78, 5) is 76.8. The minimum atomic E-state index is -0.989. The van der Waals surface area contributed by atoms with Gasteiger partial charge in [-0.1, -0.05) is 42.5 Å². The van der Waals surface area contributed by atoms with Crippen molar-refractivity contribution in [2.24, 2.45) is 0 Å². The largest absolute Gasteiger partial charge is 0.484 e. The second kappa shape index (κ2) is 16.5. The highest BCUT2D eigenvalue weighted by atomic mass is 16.5. The number of ether oxygens (including phenoxy) is 1. The van der Waals surface area contributed by atoms with Gasteiger partial charge >= 0.3 is 0 Å². The van der Waals surface area contributed by atoms with Crippen LogP contribution in [0, 0.1) is 0 Å². The van der Waals surface area contributed by atoms with E-state index in [4.69, 9.17) is 4.74 Å². The highest BCUT2D eigenvalue weighted by molar-refractivity contribution is 5.95. The Morgan fingerprint density at radius 2 is 1.75 bits per heavy atom. The van der Waals surface area contributed by atoms with Gasteiger partial charge in [0.1, 0.15) is 29.9 Å². The van der Waals surface area contributed by atoms with Gasteiger partial charge < -0.3 is 30.9 Å². The molecular formula is C35H41N7O6. The van der Waals surface area contributed by atoms with Gasteiger partial charge in [0.25, 0.3) is 5.91 Å². The van der Waals surface area contributed by atoms with Crippen LogP contribution >= 0.6 is 0 Å². The third-order valence-electron chi connectivity index (χ3n) is 8.45. The summed E-state index contributed by atoms with van der Waals surface area (Å²) in [7, 11) is 0. The van der Waals surface area contributed by atoms with Crippen LogP contribution in [0.1, 0.15) is 43.0 Å². The van der Waals surface area contributed by atoms with Crippen molar-refractivity contribution in [2.45, 2.75) is 69.6 Å². The number of aryl methyl sites for hydroxylation is 1. The summed E-state index contributed by atoms with van der Waals surface area (Å²) in [6.07, 6.45) is 7.26. The standard InChI is InChI=1S/C35H41N7O6/c1-23-32(44)41-29(33(45)38-16-15-26-21-36-17-18-37-26)20-25-9-12-27(13-10-25)48-22-31(43)40-28(14-11-24-6-3-2-4-7-24)35(47)42-19-5-8-30(42)34(46)39-23/h2-4,6-7,9-10,12-13,17-18,21,23,28-30H,5,8,11,14-16,19-20,22H2,1H3,(H,38,45)(H,39,46)(H,40,43)(H,41,44)/t23-,28-,29-,30-/m0/s1. The molecule has 4 atom stereocenters. The van der Waals surface area contributed by atoms with Crippen molar-refractivity contribution >= 4 is 29.5 Å². The molecule has 48 heavy (non-hydrogen) atoms. The minimum Gasteiger partial charge on any atom is -0.484 e. The van der Waals surface area contributed by atoms with E-state index in [-0.39, 0.29) is 25.5 Å². The van der Waals surface area contributed by atoms with E-state index in [1.165, 1.54) is 11.8 Å². The zero-order valence-corrected chi connectivity index (χ0v) is 26.9. The van der Waals surface area contributed by atoms with Crippen LogP contribution in [0.15, 0.2) is 73.2 Å². The quantitative estimate of drug-likeness (QED) is 0.291. The number of amides is 5. The number of nitrogens with one attached hydrogen (secondary N) is 4. The second-order valence-electron chi connectivity index (χ2n) is 12.0. The van der Waals surface area contributed by atoms with Crippen LogP contribution < -0.4 is 26.0 Å². The van der Waals surface area contributed by atoms with Crippen LogP contribution in [0.25, 0.3) is 0 Å². The molecule has 1 saturated heterocycles. The van der Waals surface area contributed by atoms with Crippen molar-refractivity contribution in [1.29, 1.82) is 0 Å². The Labute approximate surface area is 279 Å². The summed E-state index contributed by atoms with van der Waals surface area (Å²) in [6, 6.07) is 12.9. The van der Waals surface area contributed by atoms with E-state index in [2.05, 4.69) is 31.2 Å². The van der Waals surface area contributed by atoms with Crippen molar-refractivity contribution in [2.75, 3.05) is 19.7 Å². The summed E-state index contributed by atoms with van der Waals surface area (Å²) in [5.74, 6) is -1.82. The van der Waals surface area contributed by atoms with E-state index in [9.17, 15) is 24.0 Å². The Balaban J connectivity index is 1.33. The normalized spacial score (nSPS) is 22.2. The number of carbonyl (C=O) groups is 5. The first-order valence-electron chi connectivity index (χ1n) is 16.3. The lowest BCUT2D eigenvalue weighted by Crippen LogP contribution is -2.57. The molecular weight excluding hydrogens is 614 g/mol. The molecule has 0 aliphatic carbocycles. The number of hydrogen-bond donors (Lipinski definition) is 4. The number of carbonyl (C=O) groups excluding carboxylic acids is 5. The maximum Gasteiger partial charge on any atom is 0.258 e. The molecule has 4 heterocycles. The van der Waals surface area contributed by atoms with Crippen molar-refractivity contribution in [3.8, 4) is 5.75 Å². The second-order valence-corrected chi connectivity index (χ2v) is 12.0. The monoisotopic (exact) mass is 655 g/mol. The predicted molar refractivity (Wildman–Crippen MR) is 175 cm³/mol. The van der Waals surface area contributed by atoms with Gasteiger partial charge in [-0.25, -0.2) is 0 Å². The molecule has 0 radical (unpaired) electrons. The summed E-state index contributed by atoms with van der Waals surface area (Å²) in [5, 5.41) is 11.2. The zero-order chi connectivity index (χ0) is 33.9.